The Bertz CT molecular complexity index is 379. The van der Waals surface area contributed by atoms with Crippen molar-refractivity contribution in [2.45, 2.75) is 13.0 Å². The number of nitrogens with zero attached hydrogens (tertiary/aromatic N) is 3. The number of imidazole rings is 1. The molecule has 0 bridgehead atoms. The van der Waals surface area contributed by atoms with Gasteiger partial charge in [0, 0.05) is 18.6 Å². The summed E-state index contributed by atoms with van der Waals surface area (Å²) in [6, 6.07) is 0.0856. The number of hydrogen-bond donors (Lipinski definition) is 1. The smallest absolute Gasteiger partial charge is 0.130 e. The van der Waals surface area contributed by atoms with E-state index in [1.54, 1.807) is 29.5 Å². The van der Waals surface area contributed by atoms with Crippen LogP contribution in [0.25, 0.3) is 0 Å². The Hall–Kier alpha value is -1.29. The van der Waals surface area contributed by atoms with Crippen LogP contribution in [0.5, 0.6) is 0 Å². The predicted molar refractivity (Wildman–Crippen MR) is 49.6 cm³/mol. The zero-order valence-corrected chi connectivity index (χ0v) is 7.86. The highest BCUT2D eigenvalue weighted by Gasteiger charge is 2.10. The van der Waals surface area contributed by atoms with Crippen LogP contribution in [-0.4, -0.2) is 19.7 Å². The minimum Gasteiger partial charge on any atom is -0.347 e. The molecule has 13 heavy (non-hydrogen) atoms. The van der Waals surface area contributed by atoms with Crippen molar-refractivity contribution >= 4 is 11.6 Å². The van der Waals surface area contributed by atoms with Crippen LogP contribution in [-0.2, 0) is 0 Å². The van der Waals surface area contributed by atoms with Crippen molar-refractivity contribution in [2.24, 2.45) is 0 Å². The van der Waals surface area contributed by atoms with Crippen molar-refractivity contribution in [3.8, 4) is 0 Å². The summed E-state index contributed by atoms with van der Waals surface area (Å²) in [4.78, 5) is 7.17. The molecule has 0 unspecified atom stereocenters. The van der Waals surface area contributed by atoms with Gasteiger partial charge < -0.3 is 4.98 Å². The van der Waals surface area contributed by atoms with Crippen LogP contribution in [0.2, 0.25) is 5.02 Å². The molecule has 0 saturated carbocycles. The van der Waals surface area contributed by atoms with Gasteiger partial charge in [0.1, 0.15) is 11.9 Å². The third-order valence-electron chi connectivity index (χ3n) is 1.88. The molecule has 1 N–H and O–H groups in total. The van der Waals surface area contributed by atoms with Crippen molar-refractivity contribution in [1.82, 2.24) is 19.7 Å². The molecule has 0 spiro atoms. The van der Waals surface area contributed by atoms with Gasteiger partial charge in [-0.2, -0.15) is 5.10 Å². The molecule has 4 nitrogen and oxygen atoms in total. The number of rotatable bonds is 2. The van der Waals surface area contributed by atoms with Gasteiger partial charge in [0.15, 0.2) is 0 Å². The molecule has 0 radical (unpaired) electrons. The summed E-state index contributed by atoms with van der Waals surface area (Å²) in [6.07, 6.45) is 6.89. The maximum absolute atomic E-state index is 5.75. The van der Waals surface area contributed by atoms with Crippen LogP contribution in [0.4, 0.5) is 0 Å². The summed E-state index contributed by atoms with van der Waals surface area (Å²) < 4.78 is 1.77. The maximum Gasteiger partial charge on any atom is 0.130 e. The van der Waals surface area contributed by atoms with E-state index >= 15 is 0 Å². The number of nitrogens with one attached hydrogen (secondary N) is 1. The highest BCUT2D eigenvalue weighted by atomic mass is 35.5. The monoisotopic (exact) mass is 196 g/mol. The summed E-state index contributed by atoms with van der Waals surface area (Å²) in [5.74, 6) is 0.875. The summed E-state index contributed by atoms with van der Waals surface area (Å²) in [5, 5.41) is 4.73. The second-order valence-corrected chi connectivity index (χ2v) is 3.23. The molecule has 0 aliphatic carbocycles. The Kier molecular flexibility index (Phi) is 2.06. The fraction of sp³-hybridized carbons (Fsp3) is 0.250. The Balaban J connectivity index is 2.28. The molecule has 0 aliphatic rings. The lowest BCUT2D eigenvalue weighted by Crippen LogP contribution is -2.08. The fourth-order valence-electron chi connectivity index (χ4n) is 1.16. The fourth-order valence-corrected chi connectivity index (χ4v) is 1.30. The van der Waals surface area contributed by atoms with E-state index in [1.165, 1.54) is 0 Å². The van der Waals surface area contributed by atoms with Gasteiger partial charge >= 0.3 is 0 Å². The molecule has 0 aliphatic heterocycles. The normalized spacial score (nSPS) is 13.1. The van der Waals surface area contributed by atoms with Crippen molar-refractivity contribution in [2.75, 3.05) is 0 Å². The minimum absolute atomic E-state index is 0.0856. The molecule has 2 rings (SSSR count). The molecule has 0 saturated heterocycles. The highest BCUT2D eigenvalue weighted by Crippen LogP contribution is 2.14. The third-order valence-corrected chi connectivity index (χ3v) is 2.08. The summed E-state index contributed by atoms with van der Waals surface area (Å²) >= 11 is 5.75. The summed E-state index contributed by atoms with van der Waals surface area (Å²) in [6.45, 7) is 2.00. The van der Waals surface area contributed by atoms with Gasteiger partial charge in [0.25, 0.3) is 0 Å². The molecule has 5 heteroatoms. The Morgan fingerprint density at radius 2 is 2.46 bits per heavy atom. The first-order chi connectivity index (χ1) is 6.27. The largest absolute Gasteiger partial charge is 0.347 e. The van der Waals surface area contributed by atoms with Crippen molar-refractivity contribution in [1.29, 1.82) is 0 Å². The first kappa shape index (κ1) is 8.31. The van der Waals surface area contributed by atoms with Crippen LogP contribution in [0.3, 0.4) is 0 Å². The Morgan fingerprint density at radius 3 is 3.00 bits per heavy atom. The van der Waals surface area contributed by atoms with Gasteiger partial charge in [-0.05, 0) is 6.92 Å². The van der Waals surface area contributed by atoms with Gasteiger partial charge in [0.05, 0.1) is 11.2 Å². The van der Waals surface area contributed by atoms with E-state index < -0.39 is 0 Å². The molecule has 0 fully saturated rings. The van der Waals surface area contributed by atoms with E-state index in [1.807, 2.05) is 6.92 Å². The Morgan fingerprint density at radius 1 is 1.62 bits per heavy atom. The molecule has 1 atom stereocenters. The second kappa shape index (κ2) is 3.22. The quantitative estimate of drug-likeness (QED) is 0.797. The second-order valence-electron chi connectivity index (χ2n) is 2.79. The average Bonchev–Trinajstić information content (AvgIpc) is 2.72. The van der Waals surface area contributed by atoms with Gasteiger partial charge in [-0.25, -0.2) is 4.98 Å². The zero-order chi connectivity index (χ0) is 9.26. The van der Waals surface area contributed by atoms with Gasteiger partial charge in [-0.1, -0.05) is 11.6 Å². The van der Waals surface area contributed by atoms with Crippen LogP contribution >= 0.6 is 11.6 Å². The lowest BCUT2D eigenvalue weighted by atomic mass is 10.3. The van der Waals surface area contributed by atoms with Gasteiger partial charge in [0.2, 0.25) is 0 Å². The highest BCUT2D eigenvalue weighted by molar-refractivity contribution is 6.30. The number of H-pyrrole nitrogens is 1. The number of halogens is 1. The number of aromatic amines is 1. The van der Waals surface area contributed by atoms with E-state index in [-0.39, 0.29) is 6.04 Å². The molecule has 2 aromatic rings. The number of aromatic nitrogens is 4. The third kappa shape index (κ3) is 1.58. The minimum atomic E-state index is 0.0856. The standard InChI is InChI=1S/C8H9ClN4/c1-6(8-10-2-3-11-8)13-5-7(9)4-12-13/h2-6H,1H3,(H,10,11)/t6-/m0/s1. The zero-order valence-electron chi connectivity index (χ0n) is 7.11. The van der Waals surface area contributed by atoms with Crippen LogP contribution < -0.4 is 0 Å². The van der Waals surface area contributed by atoms with E-state index in [0.717, 1.165) is 5.82 Å². The Labute approximate surface area is 80.6 Å². The predicted octanol–water partition coefficient (Wildman–Crippen LogP) is 1.87. The molecular weight excluding hydrogens is 188 g/mol. The number of hydrogen-bond acceptors (Lipinski definition) is 2. The van der Waals surface area contributed by atoms with Gasteiger partial charge in [-0.3, -0.25) is 4.68 Å². The molecule has 68 valence electrons. The molecular formula is C8H9ClN4. The van der Waals surface area contributed by atoms with Crippen molar-refractivity contribution < 1.29 is 0 Å². The molecule has 2 heterocycles. The molecule has 2 aromatic heterocycles. The maximum atomic E-state index is 5.75. The first-order valence-electron chi connectivity index (χ1n) is 3.96. The topological polar surface area (TPSA) is 46.5 Å². The average molecular weight is 197 g/mol. The summed E-state index contributed by atoms with van der Waals surface area (Å²) in [5.41, 5.74) is 0. The first-order valence-corrected chi connectivity index (χ1v) is 4.34. The van der Waals surface area contributed by atoms with E-state index in [9.17, 15) is 0 Å². The van der Waals surface area contributed by atoms with E-state index in [2.05, 4.69) is 15.1 Å². The van der Waals surface area contributed by atoms with Crippen LogP contribution in [0.15, 0.2) is 24.8 Å². The van der Waals surface area contributed by atoms with E-state index in [0.29, 0.717) is 5.02 Å². The van der Waals surface area contributed by atoms with Crippen molar-refractivity contribution in [3.05, 3.63) is 35.6 Å². The lowest BCUT2D eigenvalue weighted by molar-refractivity contribution is 0.541. The summed E-state index contributed by atoms with van der Waals surface area (Å²) in [7, 11) is 0. The van der Waals surface area contributed by atoms with E-state index in [4.69, 9.17) is 11.6 Å². The molecule has 0 amide bonds. The molecule has 0 aromatic carbocycles. The SMILES string of the molecule is C[C@@H](c1ncc[nH]1)n1cc(Cl)cn1. The van der Waals surface area contributed by atoms with Crippen LogP contribution in [0, 0.1) is 0 Å². The van der Waals surface area contributed by atoms with Gasteiger partial charge in [-0.15, -0.1) is 0 Å². The van der Waals surface area contributed by atoms with Crippen molar-refractivity contribution in [3.63, 3.8) is 0 Å². The van der Waals surface area contributed by atoms with Crippen LogP contribution in [0.1, 0.15) is 18.8 Å². The lowest BCUT2D eigenvalue weighted by Gasteiger charge is -2.07.